The number of sulfonamides is 1. The molecule has 1 aromatic carbocycles. The fourth-order valence-corrected chi connectivity index (χ4v) is 6.33. The summed E-state index contributed by atoms with van der Waals surface area (Å²) in [7, 11) is -3.49. The Kier molecular flexibility index (Phi) is 6.14. The molecule has 0 bridgehead atoms. The Balaban J connectivity index is 1.49. The first-order valence-electron chi connectivity index (χ1n) is 10.9. The van der Waals surface area contributed by atoms with Gasteiger partial charge in [0.1, 0.15) is 4.90 Å². The lowest BCUT2D eigenvalue weighted by Crippen LogP contribution is -2.38. The summed E-state index contributed by atoms with van der Waals surface area (Å²) < 4.78 is 30.1. The standard InChI is InChI=1S/C23H32N4O2S/c1-18-9-15-26(16-10-18)30(28,29)23-19(2)24-27(20(23)3)17-25-13-11-22(12-14-25)21-7-5-4-6-8-21/h4-8,11,18H,9-10,12-17H2,1-3H3. The molecule has 1 fully saturated rings. The van der Waals surface area contributed by atoms with Crippen molar-refractivity contribution in [1.82, 2.24) is 19.0 Å². The van der Waals surface area contributed by atoms with Crippen LogP contribution in [0.1, 0.15) is 43.1 Å². The van der Waals surface area contributed by atoms with Crippen LogP contribution < -0.4 is 0 Å². The zero-order valence-electron chi connectivity index (χ0n) is 18.2. The smallest absolute Gasteiger partial charge is 0.246 e. The van der Waals surface area contributed by atoms with E-state index in [9.17, 15) is 8.42 Å². The van der Waals surface area contributed by atoms with Crippen LogP contribution in [0.3, 0.4) is 0 Å². The third-order valence-electron chi connectivity index (χ3n) is 6.43. The molecule has 162 valence electrons. The molecule has 0 saturated carbocycles. The third kappa shape index (κ3) is 4.24. The molecule has 2 aromatic rings. The van der Waals surface area contributed by atoms with E-state index in [1.54, 1.807) is 4.31 Å². The molecular formula is C23H32N4O2S. The average molecular weight is 429 g/mol. The van der Waals surface area contributed by atoms with Gasteiger partial charge >= 0.3 is 0 Å². The van der Waals surface area contributed by atoms with Crippen LogP contribution >= 0.6 is 0 Å². The number of rotatable bonds is 5. The first-order valence-corrected chi connectivity index (χ1v) is 12.3. The Morgan fingerprint density at radius 1 is 1.07 bits per heavy atom. The van der Waals surface area contributed by atoms with Crippen molar-refractivity contribution in [3.63, 3.8) is 0 Å². The molecule has 0 radical (unpaired) electrons. The fourth-order valence-electron chi connectivity index (χ4n) is 4.49. The minimum atomic E-state index is -3.49. The maximum Gasteiger partial charge on any atom is 0.246 e. The molecule has 0 spiro atoms. The largest absolute Gasteiger partial charge is 0.280 e. The molecule has 6 nitrogen and oxygen atoms in total. The van der Waals surface area contributed by atoms with E-state index in [0.717, 1.165) is 38.0 Å². The van der Waals surface area contributed by atoms with Crippen LogP contribution in [0.25, 0.3) is 5.57 Å². The van der Waals surface area contributed by atoms with E-state index in [1.807, 2.05) is 24.6 Å². The Labute approximate surface area is 180 Å². The molecular weight excluding hydrogens is 396 g/mol. The lowest BCUT2D eigenvalue weighted by atomic mass is 10.00. The topological polar surface area (TPSA) is 58.4 Å². The number of aromatic nitrogens is 2. The van der Waals surface area contributed by atoms with E-state index in [2.05, 4.69) is 47.3 Å². The van der Waals surface area contributed by atoms with Crippen molar-refractivity contribution >= 4 is 15.6 Å². The second-order valence-corrected chi connectivity index (χ2v) is 10.5. The van der Waals surface area contributed by atoms with E-state index in [-0.39, 0.29) is 0 Å². The van der Waals surface area contributed by atoms with Crippen molar-refractivity contribution in [1.29, 1.82) is 0 Å². The maximum absolute atomic E-state index is 13.3. The number of benzene rings is 1. The predicted molar refractivity (Wildman–Crippen MR) is 119 cm³/mol. The summed E-state index contributed by atoms with van der Waals surface area (Å²) in [5.41, 5.74) is 4.00. The first kappa shape index (κ1) is 21.3. The molecule has 0 unspecified atom stereocenters. The number of aryl methyl sites for hydroxylation is 1. The lowest BCUT2D eigenvalue weighted by Gasteiger charge is -2.29. The van der Waals surface area contributed by atoms with Crippen molar-refractivity contribution in [2.45, 2.75) is 51.6 Å². The van der Waals surface area contributed by atoms with Crippen molar-refractivity contribution in [3.8, 4) is 0 Å². The second-order valence-electron chi connectivity index (χ2n) is 8.65. The Morgan fingerprint density at radius 2 is 1.77 bits per heavy atom. The molecule has 2 aliphatic rings. The van der Waals surface area contributed by atoms with Gasteiger partial charge in [0, 0.05) is 26.2 Å². The van der Waals surface area contributed by atoms with E-state index >= 15 is 0 Å². The Bertz CT molecular complexity index is 1020. The molecule has 1 saturated heterocycles. The maximum atomic E-state index is 13.3. The molecule has 1 aromatic heterocycles. The summed E-state index contributed by atoms with van der Waals surface area (Å²) in [4.78, 5) is 2.71. The molecule has 0 amide bonds. The lowest BCUT2D eigenvalue weighted by molar-refractivity contribution is 0.225. The molecule has 7 heteroatoms. The van der Waals surface area contributed by atoms with E-state index < -0.39 is 10.0 Å². The highest BCUT2D eigenvalue weighted by Gasteiger charge is 2.33. The SMILES string of the molecule is Cc1nn(CN2CC=C(c3ccccc3)CC2)c(C)c1S(=O)(=O)N1CCC(C)CC1. The number of nitrogens with zero attached hydrogens (tertiary/aromatic N) is 4. The minimum absolute atomic E-state index is 0.398. The van der Waals surface area contributed by atoms with Gasteiger partial charge in [0.2, 0.25) is 10.0 Å². The molecule has 0 N–H and O–H groups in total. The minimum Gasteiger partial charge on any atom is -0.280 e. The molecule has 0 aliphatic carbocycles. The highest BCUT2D eigenvalue weighted by molar-refractivity contribution is 7.89. The van der Waals surface area contributed by atoms with E-state index in [4.69, 9.17) is 0 Å². The van der Waals surface area contributed by atoms with Crippen LogP contribution in [0.5, 0.6) is 0 Å². The summed E-state index contributed by atoms with van der Waals surface area (Å²) in [6, 6.07) is 10.5. The summed E-state index contributed by atoms with van der Waals surface area (Å²) >= 11 is 0. The van der Waals surface area contributed by atoms with Gasteiger partial charge in [-0.05, 0) is 50.2 Å². The van der Waals surface area contributed by atoms with Crippen LogP contribution in [0.4, 0.5) is 0 Å². The van der Waals surface area contributed by atoms with Gasteiger partial charge in [0.05, 0.1) is 18.1 Å². The van der Waals surface area contributed by atoms with Gasteiger partial charge in [0.25, 0.3) is 0 Å². The van der Waals surface area contributed by atoms with Crippen molar-refractivity contribution in [3.05, 3.63) is 53.4 Å². The Morgan fingerprint density at radius 3 is 2.40 bits per heavy atom. The van der Waals surface area contributed by atoms with Crippen LogP contribution in [-0.4, -0.2) is 53.6 Å². The number of piperidine rings is 1. The summed E-state index contributed by atoms with van der Waals surface area (Å²) in [5.74, 6) is 0.592. The number of hydrogen-bond acceptors (Lipinski definition) is 4. The first-order chi connectivity index (χ1) is 14.4. The molecule has 4 rings (SSSR count). The van der Waals surface area contributed by atoms with Crippen LogP contribution in [0.15, 0.2) is 41.3 Å². The highest BCUT2D eigenvalue weighted by atomic mass is 32.2. The predicted octanol–water partition coefficient (Wildman–Crippen LogP) is 3.67. The third-order valence-corrected chi connectivity index (χ3v) is 8.58. The van der Waals surface area contributed by atoms with Gasteiger partial charge in [-0.3, -0.25) is 9.58 Å². The van der Waals surface area contributed by atoms with Crippen LogP contribution in [0, 0.1) is 19.8 Å². The molecule has 30 heavy (non-hydrogen) atoms. The van der Waals surface area contributed by atoms with Gasteiger partial charge in [0.15, 0.2) is 0 Å². The summed E-state index contributed by atoms with van der Waals surface area (Å²) in [6.07, 6.45) is 5.11. The normalized spacial score (nSPS) is 19.8. The average Bonchev–Trinajstić information content (AvgIpc) is 3.03. The van der Waals surface area contributed by atoms with E-state index in [1.165, 1.54) is 11.1 Å². The monoisotopic (exact) mass is 428 g/mol. The molecule has 0 atom stereocenters. The molecule has 2 aliphatic heterocycles. The van der Waals surface area contributed by atoms with Crippen molar-refractivity contribution in [2.75, 3.05) is 26.2 Å². The summed E-state index contributed by atoms with van der Waals surface area (Å²) in [5, 5.41) is 4.61. The van der Waals surface area contributed by atoms with Gasteiger partial charge in [-0.25, -0.2) is 8.42 Å². The zero-order valence-corrected chi connectivity index (χ0v) is 19.0. The van der Waals surface area contributed by atoms with Gasteiger partial charge < -0.3 is 0 Å². The van der Waals surface area contributed by atoms with Gasteiger partial charge in [-0.1, -0.05) is 43.3 Å². The quantitative estimate of drug-likeness (QED) is 0.729. The molecule has 3 heterocycles. The van der Waals surface area contributed by atoms with Crippen molar-refractivity contribution < 1.29 is 8.42 Å². The summed E-state index contributed by atoms with van der Waals surface area (Å²) in [6.45, 7) is 9.48. The van der Waals surface area contributed by atoms with Gasteiger partial charge in [-0.15, -0.1) is 0 Å². The zero-order chi connectivity index (χ0) is 21.3. The Hall–Kier alpha value is -1.96. The van der Waals surface area contributed by atoms with E-state index in [0.29, 0.717) is 36.3 Å². The highest BCUT2D eigenvalue weighted by Crippen LogP contribution is 2.28. The second kappa shape index (κ2) is 8.65. The fraction of sp³-hybridized carbons (Fsp3) is 0.522. The number of hydrogen-bond donors (Lipinski definition) is 0. The van der Waals surface area contributed by atoms with Crippen molar-refractivity contribution in [2.24, 2.45) is 5.92 Å². The van der Waals surface area contributed by atoms with Gasteiger partial charge in [-0.2, -0.15) is 9.40 Å². The van der Waals surface area contributed by atoms with Crippen LogP contribution in [-0.2, 0) is 16.7 Å². The van der Waals surface area contributed by atoms with Crippen LogP contribution in [0.2, 0.25) is 0 Å².